The number of hydrogen-bond donors (Lipinski definition) is 0. The van der Waals surface area contributed by atoms with E-state index in [1.165, 1.54) is 24.5 Å². The first-order valence-corrected chi connectivity index (χ1v) is 7.87. The van der Waals surface area contributed by atoms with Crippen LogP contribution in [0.25, 0.3) is 0 Å². The molecule has 1 aromatic carbocycles. The van der Waals surface area contributed by atoms with Crippen molar-refractivity contribution in [2.45, 2.75) is 38.0 Å². The summed E-state index contributed by atoms with van der Waals surface area (Å²) in [6.07, 6.45) is 6.96. The molecule has 4 nitrogen and oxygen atoms in total. The lowest BCUT2D eigenvalue weighted by atomic mass is 9.62. The second-order valence-electron chi connectivity index (χ2n) is 5.93. The van der Waals surface area contributed by atoms with E-state index >= 15 is 0 Å². The number of carbonyl (C=O) groups is 1. The Kier molecular flexibility index (Phi) is 4.37. The van der Waals surface area contributed by atoms with Gasteiger partial charge in [0.15, 0.2) is 0 Å². The van der Waals surface area contributed by atoms with Gasteiger partial charge in [0, 0.05) is 24.2 Å². The highest BCUT2D eigenvalue weighted by molar-refractivity contribution is 5.88. The average molecular weight is 314 g/mol. The van der Waals surface area contributed by atoms with Crippen molar-refractivity contribution in [1.29, 1.82) is 0 Å². The van der Waals surface area contributed by atoms with Gasteiger partial charge < -0.3 is 4.74 Å². The molecule has 1 fully saturated rings. The number of benzene rings is 1. The van der Waals surface area contributed by atoms with Crippen LogP contribution in [0.5, 0.6) is 0 Å². The summed E-state index contributed by atoms with van der Waals surface area (Å²) in [5.74, 6) is 0.0660. The van der Waals surface area contributed by atoms with Gasteiger partial charge in [0.25, 0.3) is 0 Å². The Morgan fingerprint density at radius 1 is 1.22 bits per heavy atom. The Balaban J connectivity index is 1.77. The number of nitrogens with zero attached hydrogens (tertiary/aromatic N) is 2. The molecule has 1 saturated carbocycles. The summed E-state index contributed by atoms with van der Waals surface area (Å²) in [7, 11) is 0. The summed E-state index contributed by atoms with van der Waals surface area (Å²) >= 11 is 0. The lowest BCUT2D eigenvalue weighted by Crippen LogP contribution is -2.37. The molecule has 23 heavy (non-hydrogen) atoms. The zero-order valence-corrected chi connectivity index (χ0v) is 13.1. The number of hydrogen-bond acceptors (Lipinski definition) is 4. The smallest absolute Gasteiger partial charge is 0.341 e. The number of aromatic nitrogens is 2. The molecule has 1 aliphatic rings. The van der Waals surface area contributed by atoms with Crippen LogP contribution in [0.1, 0.15) is 47.9 Å². The highest BCUT2D eigenvalue weighted by atomic mass is 19.1. The van der Waals surface area contributed by atoms with E-state index in [1.54, 1.807) is 6.92 Å². The van der Waals surface area contributed by atoms with E-state index in [9.17, 15) is 9.18 Å². The third-order valence-electron chi connectivity index (χ3n) is 4.48. The van der Waals surface area contributed by atoms with Crippen LogP contribution in [0.2, 0.25) is 0 Å². The first-order valence-electron chi connectivity index (χ1n) is 7.87. The summed E-state index contributed by atoms with van der Waals surface area (Å²) in [6.45, 7) is 2.09. The van der Waals surface area contributed by atoms with Crippen LogP contribution in [0.4, 0.5) is 4.39 Å². The number of esters is 1. The van der Waals surface area contributed by atoms with E-state index < -0.39 is 5.97 Å². The van der Waals surface area contributed by atoms with Gasteiger partial charge in [0.05, 0.1) is 12.2 Å². The molecule has 0 aliphatic heterocycles. The van der Waals surface area contributed by atoms with E-state index in [0.29, 0.717) is 24.4 Å². The summed E-state index contributed by atoms with van der Waals surface area (Å²) in [6, 6.07) is 6.70. The molecule has 1 heterocycles. The second-order valence-corrected chi connectivity index (χ2v) is 5.93. The molecule has 0 spiro atoms. The van der Waals surface area contributed by atoms with Crippen molar-refractivity contribution in [3.05, 3.63) is 59.4 Å². The first kappa shape index (κ1) is 15.6. The standard InChI is InChI=1S/C18H19FN2O2/c1-2-23-17(22)13-11-20-16(21-12-13)10-18(8-3-9-18)14-4-6-15(19)7-5-14/h4-7,11-12H,2-3,8-10H2,1H3. The number of ether oxygens (including phenoxy) is 1. The number of rotatable bonds is 5. The van der Waals surface area contributed by atoms with E-state index in [0.717, 1.165) is 24.8 Å². The van der Waals surface area contributed by atoms with Crippen LogP contribution in [0.3, 0.4) is 0 Å². The Hall–Kier alpha value is -2.30. The molecule has 0 amide bonds. The van der Waals surface area contributed by atoms with E-state index in [2.05, 4.69) is 9.97 Å². The van der Waals surface area contributed by atoms with Gasteiger partial charge in [-0.1, -0.05) is 18.6 Å². The minimum Gasteiger partial charge on any atom is -0.462 e. The van der Waals surface area contributed by atoms with Crippen molar-refractivity contribution in [3.8, 4) is 0 Å². The SMILES string of the molecule is CCOC(=O)c1cnc(CC2(c3ccc(F)cc3)CCC2)nc1. The van der Waals surface area contributed by atoms with Crippen LogP contribution in [-0.2, 0) is 16.6 Å². The third kappa shape index (κ3) is 3.23. The van der Waals surface area contributed by atoms with Gasteiger partial charge in [-0.05, 0) is 37.5 Å². The van der Waals surface area contributed by atoms with Crippen LogP contribution < -0.4 is 0 Å². The molecule has 0 unspecified atom stereocenters. The molecule has 0 N–H and O–H groups in total. The molecule has 5 heteroatoms. The molecule has 3 rings (SSSR count). The van der Waals surface area contributed by atoms with E-state index in [1.807, 2.05) is 12.1 Å². The van der Waals surface area contributed by atoms with Crippen LogP contribution in [-0.4, -0.2) is 22.5 Å². The lowest BCUT2D eigenvalue weighted by molar-refractivity contribution is 0.0525. The summed E-state index contributed by atoms with van der Waals surface area (Å²) < 4.78 is 18.1. The molecule has 1 aromatic heterocycles. The maximum atomic E-state index is 13.1. The predicted molar refractivity (Wildman–Crippen MR) is 83.6 cm³/mol. The average Bonchev–Trinajstić information content (AvgIpc) is 2.53. The van der Waals surface area contributed by atoms with Crippen molar-refractivity contribution < 1.29 is 13.9 Å². The normalized spacial score (nSPS) is 15.7. The van der Waals surface area contributed by atoms with Gasteiger partial charge in [0.2, 0.25) is 0 Å². The zero-order chi connectivity index (χ0) is 16.3. The van der Waals surface area contributed by atoms with Crippen LogP contribution in [0, 0.1) is 5.82 Å². The van der Waals surface area contributed by atoms with Crippen molar-refractivity contribution in [1.82, 2.24) is 9.97 Å². The van der Waals surface area contributed by atoms with Gasteiger partial charge in [-0.3, -0.25) is 0 Å². The molecule has 0 radical (unpaired) electrons. The molecule has 1 aliphatic carbocycles. The Bertz CT molecular complexity index is 679. The van der Waals surface area contributed by atoms with E-state index in [-0.39, 0.29) is 11.2 Å². The van der Waals surface area contributed by atoms with Crippen molar-refractivity contribution >= 4 is 5.97 Å². The highest BCUT2D eigenvalue weighted by Gasteiger charge is 2.39. The van der Waals surface area contributed by atoms with Crippen molar-refractivity contribution in [2.24, 2.45) is 0 Å². The van der Waals surface area contributed by atoms with Gasteiger partial charge in [-0.2, -0.15) is 0 Å². The highest BCUT2D eigenvalue weighted by Crippen LogP contribution is 2.45. The maximum Gasteiger partial charge on any atom is 0.341 e. The minimum absolute atomic E-state index is 0.0147. The maximum absolute atomic E-state index is 13.1. The largest absolute Gasteiger partial charge is 0.462 e. The van der Waals surface area contributed by atoms with Crippen LogP contribution >= 0.6 is 0 Å². The molecule has 0 saturated heterocycles. The second kappa shape index (κ2) is 6.44. The van der Waals surface area contributed by atoms with Gasteiger partial charge in [0.1, 0.15) is 11.6 Å². The van der Waals surface area contributed by atoms with Gasteiger partial charge in [-0.15, -0.1) is 0 Å². The molecular weight excluding hydrogens is 295 g/mol. The molecule has 2 aromatic rings. The lowest BCUT2D eigenvalue weighted by Gasteiger charge is -2.42. The van der Waals surface area contributed by atoms with E-state index in [4.69, 9.17) is 4.74 Å². The van der Waals surface area contributed by atoms with Gasteiger partial charge in [-0.25, -0.2) is 19.2 Å². The topological polar surface area (TPSA) is 52.1 Å². The summed E-state index contributed by atoms with van der Waals surface area (Å²) in [5, 5.41) is 0. The minimum atomic E-state index is -0.407. The Labute approximate surface area is 134 Å². The fraction of sp³-hybridized carbons (Fsp3) is 0.389. The predicted octanol–water partition coefficient (Wildman–Crippen LogP) is 3.46. The first-order chi connectivity index (χ1) is 11.1. The fourth-order valence-electron chi connectivity index (χ4n) is 3.04. The summed E-state index contributed by atoms with van der Waals surface area (Å²) in [4.78, 5) is 20.2. The molecule has 120 valence electrons. The Morgan fingerprint density at radius 2 is 1.87 bits per heavy atom. The third-order valence-corrected chi connectivity index (χ3v) is 4.48. The summed E-state index contributed by atoms with van der Waals surface area (Å²) in [5.41, 5.74) is 1.47. The molecular formula is C18H19FN2O2. The fourth-order valence-corrected chi connectivity index (χ4v) is 3.04. The van der Waals surface area contributed by atoms with Gasteiger partial charge >= 0.3 is 5.97 Å². The monoisotopic (exact) mass is 314 g/mol. The van der Waals surface area contributed by atoms with Crippen molar-refractivity contribution in [3.63, 3.8) is 0 Å². The number of carbonyl (C=O) groups excluding carboxylic acids is 1. The van der Waals surface area contributed by atoms with Crippen molar-refractivity contribution in [2.75, 3.05) is 6.61 Å². The Morgan fingerprint density at radius 3 is 2.39 bits per heavy atom. The number of halogens is 1. The zero-order valence-electron chi connectivity index (χ0n) is 13.1. The molecule has 0 atom stereocenters. The quantitative estimate of drug-likeness (QED) is 0.793. The van der Waals surface area contributed by atoms with Crippen LogP contribution in [0.15, 0.2) is 36.7 Å². The molecule has 0 bridgehead atoms.